The molecule has 0 fully saturated rings. The summed E-state index contributed by atoms with van der Waals surface area (Å²) < 4.78 is 5.15. The third-order valence-electron chi connectivity index (χ3n) is 3.09. The third-order valence-corrected chi connectivity index (χ3v) is 3.09. The molecular formula is C14H17NO3. The minimum absolute atomic E-state index is 0.0193. The monoisotopic (exact) mass is 247 g/mol. The summed E-state index contributed by atoms with van der Waals surface area (Å²) in [6.07, 6.45) is 4.46. The number of amides is 1. The smallest absolute Gasteiger partial charge is 0.250 e. The van der Waals surface area contributed by atoms with Crippen LogP contribution < -0.4 is 0 Å². The molecule has 0 unspecified atom stereocenters. The maximum absolute atomic E-state index is 11.9. The second-order valence-electron chi connectivity index (χ2n) is 4.36. The molecule has 4 nitrogen and oxygen atoms in total. The van der Waals surface area contributed by atoms with E-state index in [1.54, 1.807) is 13.2 Å². The average molecular weight is 247 g/mol. The van der Waals surface area contributed by atoms with Gasteiger partial charge in [-0.25, -0.2) is 5.06 Å². The van der Waals surface area contributed by atoms with Gasteiger partial charge in [0, 0.05) is 13.5 Å². The van der Waals surface area contributed by atoms with Crippen LogP contribution in [-0.4, -0.2) is 35.4 Å². The minimum Gasteiger partial charge on any atom is -0.377 e. The molecule has 0 heterocycles. The topological polar surface area (TPSA) is 49.8 Å². The number of carbonyl (C=O) groups excluding carboxylic acids is 1. The van der Waals surface area contributed by atoms with E-state index in [-0.39, 0.29) is 24.5 Å². The van der Waals surface area contributed by atoms with Gasteiger partial charge >= 0.3 is 0 Å². The lowest BCUT2D eigenvalue weighted by Gasteiger charge is -2.21. The Morgan fingerprint density at radius 3 is 2.72 bits per heavy atom. The first kappa shape index (κ1) is 12.8. The molecule has 1 aromatic carbocycles. The number of hydrogen-bond acceptors (Lipinski definition) is 3. The molecule has 1 aromatic rings. The fourth-order valence-corrected chi connectivity index (χ4v) is 2.04. The highest BCUT2D eigenvalue weighted by molar-refractivity contribution is 5.78. The van der Waals surface area contributed by atoms with E-state index in [1.165, 1.54) is 0 Å². The lowest BCUT2D eigenvalue weighted by atomic mass is 10.1. The van der Waals surface area contributed by atoms with E-state index in [9.17, 15) is 10.0 Å². The highest BCUT2D eigenvalue weighted by Gasteiger charge is 2.26. The van der Waals surface area contributed by atoms with Crippen LogP contribution in [-0.2, 0) is 16.0 Å². The van der Waals surface area contributed by atoms with Crippen molar-refractivity contribution in [1.82, 2.24) is 5.06 Å². The number of hydroxylamine groups is 2. The van der Waals surface area contributed by atoms with E-state index in [2.05, 4.69) is 0 Å². The first-order chi connectivity index (χ1) is 8.70. The normalized spacial score (nSPS) is 22.1. The van der Waals surface area contributed by atoms with E-state index in [0.29, 0.717) is 6.42 Å². The van der Waals surface area contributed by atoms with Crippen molar-refractivity contribution in [3.05, 3.63) is 48.0 Å². The molecule has 0 aliphatic heterocycles. The van der Waals surface area contributed by atoms with Crippen LogP contribution in [0.25, 0.3) is 0 Å². The molecular weight excluding hydrogens is 230 g/mol. The number of methoxy groups -OCH3 is 1. The summed E-state index contributed by atoms with van der Waals surface area (Å²) in [5, 5.41) is 10.7. The van der Waals surface area contributed by atoms with Gasteiger partial charge in [0.2, 0.25) is 0 Å². The molecule has 96 valence electrons. The highest BCUT2D eigenvalue weighted by Crippen LogP contribution is 2.18. The van der Waals surface area contributed by atoms with Crippen LogP contribution >= 0.6 is 0 Å². The third kappa shape index (κ3) is 2.97. The van der Waals surface area contributed by atoms with Crippen molar-refractivity contribution in [2.24, 2.45) is 0 Å². The Kier molecular flexibility index (Phi) is 4.12. The fourth-order valence-electron chi connectivity index (χ4n) is 2.04. The van der Waals surface area contributed by atoms with Crippen LogP contribution in [0, 0.1) is 0 Å². The van der Waals surface area contributed by atoms with Crippen molar-refractivity contribution in [2.45, 2.75) is 25.0 Å². The summed E-state index contributed by atoms with van der Waals surface area (Å²) in [7, 11) is 1.62. The van der Waals surface area contributed by atoms with E-state index < -0.39 is 0 Å². The molecule has 2 atom stereocenters. The van der Waals surface area contributed by atoms with Crippen LogP contribution in [0.15, 0.2) is 42.5 Å². The van der Waals surface area contributed by atoms with Crippen molar-refractivity contribution in [1.29, 1.82) is 0 Å². The zero-order valence-corrected chi connectivity index (χ0v) is 10.3. The summed E-state index contributed by atoms with van der Waals surface area (Å²) in [6.45, 7) is 0. The molecule has 4 heteroatoms. The van der Waals surface area contributed by atoms with Crippen LogP contribution in [0.2, 0.25) is 0 Å². The van der Waals surface area contributed by atoms with E-state index in [1.807, 2.05) is 36.4 Å². The molecule has 1 amide bonds. The number of hydrogen-bond donors (Lipinski definition) is 1. The summed E-state index contributed by atoms with van der Waals surface area (Å²) in [4.78, 5) is 11.9. The molecule has 0 spiro atoms. The Hall–Kier alpha value is -1.65. The lowest BCUT2D eigenvalue weighted by molar-refractivity contribution is -0.171. The molecule has 0 radical (unpaired) electrons. The first-order valence-corrected chi connectivity index (χ1v) is 5.96. The van der Waals surface area contributed by atoms with Gasteiger partial charge in [-0.05, 0) is 5.56 Å². The zero-order valence-electron chi connectivity index (χ0n) is 10.3. The number of benzene rings is 1. The quantitative estimate of drug-likeness (QED) is 0.501. The Morgan fingerprint density at radius 2 is 2.11 bits per heavy atom. The molecule has 0 saturated carbocycles. The predicted octanol–water partition coefficient (Wildman–Crippen LogP) is 1.79. The molecule has 0 bridgehead atoms. The van der Waals surface area contributed by atoms with Crippen LogP contribution in [0.3, 0.4) is 0 Å². The van der Waals surface area contributed by atoms with Crippen molar-refractivity contribution < 1.29 is 14.7 Å². The fraction of sp³-hybridized carbons (Fsp3) is 0.357. The molecule has 18 heavy (non-hydrogen) atoms. The number of rotatable bonds is 4. The number of ether oxygens (including phenoxy) is 1. The SMILES string of the molecule is CO[C@H]1C=C[C@H](N(O)C(=O)Cc2ccccc2)C1. The summed E-state index contributed by atoms with van der Waals surface area (Å²) in [5.74, 6) is -0.299. The van der Waals surface area contributed by atoms with Crippen LogP contribution in [0.4, 0.5) is 0 Å². The summed E-state index contributed by atoms with van der Waals surface area (Å²) in [5.41, 5.74) is 0.895. The number of carbonyl (C=O) groups is 1. The van der Waals surface area contributed by atoms with Gasteiger partial charge in [-0.15, -0.1) is 0 Å². The number of nitrogens with zero attached hydrogens (tertiary/aromatic N) is 1. The summed E-state index contributed by atoms with van der Waals surface area (Å²) >= 11 is 0. The maximum atomic E-state index is 11.9. The van der Waals surface area contributed by atoms with Gasteiger partial charge in [-0.1, -0.05) is 42.5 Å². The van der Waals surface area contributed by atoms with E-state index >= 15 is 0 Å². The standard InChI is InChI=1S/C14H17NO3/c1-18-13-8-7-12(10-13)15(17)14(16)9-11-5-3-2-4-6-11/h2-8,12-13,17H,9-10H2,1H3/t12-,13-/m0/s1. The van der Waals surface area contributed by atoms with Gasteiger partial charge in [0.15, 0.2) is 0 Å². The van der Waals surface area contributed by atoms with Gasteiger partial charge in [-0.3, -0.25) is 10.0 Å². The van der Waals surface area contributed by atoms with Gasteiger partial charge in [0.1, 0.15) is 0 Å². The Labute approximate surface area is 106 Å². The highest BCUT2D eigenvalue weighted by atomic mass is 16.5. The molecule has 2 rings (SSSR count). The van der Waals surface area contributed by atoms with Crippen molar-refractivity contribution in [2.75, 3.05) is 7.11 Å². The maximum Gasteiger partial charge on any atom is 0.250 e. The van der Waals surface area contributed by atoms with Gasteiger partial charge < -0.3 is 4.74 Å². The minimum atomic E-state index is -0.299. The molecule has 1 aliphatic carbocycles. The van der Waals surface area contributed by atoms with Gasteiger partial charge in [0.05, 0.1) is 18.6 Å². The van der Waals surface area contributed by atoms with Crippen LogP contribution in [0.5, 0.6) is 0 Å². The second kappa shape index (κ2) is 5.80. The average Bonchev–Trinajstić information content (AvgIpc) is 2.87. The Bertz CT molecular complexity index is 430. The van der Waals surface area contributed by atoms with Crippen LogP contribution in [0.1, 0.15) is 12.0 Å². The van der Waals surface area contributed by atoms with Gasteiger partial charge in [-0.2, -0.15) is 0 Å². The Balaban J connectivity index is 1.92. The first-order valence-electron chi connectivity index (χ1n) is 5.96. The molecule has 1 aliphatic rings. The molecule has 0 aromatic heterocycles. The lowest BCUT2D eigenvalue weighted by Crippen LogP contribution is -2.37. The van der Waals surface area contributed by atoms with Crippen molar-refractivity contribution >= 4 is 5.91 Å². The molecule has 1 N–H and O–H groups in total. The van der Waals surface area contributed by atoms with Gasteiger partial charge in [0.25, 0.3) is 5.91 Å². The van der Waals surface area contributed by atoms with Crippen molar-refractivity contribution in [3.63, 3.8) is 0 Å². The van der Waals surface area contributed by atoms with E-state index in [0.717, 1.165) is 10.6 Å². The largest absolute Gasteiger partial charge is 0.377 e. The zero-order chi connectivity index (χ0) is 13.0. The van der Waals surface area contributed by atoms with Crippen molar-refractivity contribution in [3.8, 4) is 0 Å². The molecule has 0 saturated heterocycles. The predicted molar refractivity (Wildman–Crippen MR) is 67.1 cm³/mol. The summed E-state index contributed by atoms with van der Waals surface area (Å²) in [6, 6.07) is 9.10. The Morgan fingerprint density at radius 1 is 1.39 bits per heavy atom. The second-order valence-corrected chi connectivity index (χ2v) is 4.36. The van der Waals surface area contributed by atoms with E-state index in [4.69, 9.17) is 4.74 Å².